The van der Waals surface area contributed by atoms with Crippen molar-refractivity contribution in [1.82, 2.24) is 16.0 Å². The van der Waals surface area contributed by atoms with E-state index >= 15 is 0 Å². The second kappa shape index (κ2) is 21.5. The standard InChI is InChI=1S/C33H61N3O8/c1-7-9-10-11-12-13-14-15-16-17-18-19-26-22(5)29(39)24(8-2)30(40)35-27(21(3)4)31(41)36-28(23(6)38)32(42)34-25(20-37)33(43)44-26/h21-29,37-39H,7-20H2,1-6H3,(H,34,42)(H,35,40)(H,36,41)/t22-,23+,24+,25-,26+,27-,28-,29+/m0/s1. The van der Waals surface area contributed by atoms with E-state index in [4.69, 9.17) is 4.74 Å². The maximum Gasteiger partial charge on any atom is 0.331 e. The van der Waals surface area contributed by atoms with Gasteiger partial charge < -0.3 is 36.0 Å². The molecule has 44 heavy (non-hydrogen) atoms. The van der Waals surface area contributed by atoms with E-state index in [2.05, 4.69) is 22.9 Å². The second-order valence-electron chi connectivity index (χ2n) is 12.9. The Morgan fingerprint density at radius 1 is 0.750 bits per heavy atom. The molecular weight excluding hydrogens is 566 g/mol. The molecule has 0 unspecified atom stereocenters. The summed E-state index contributed by atoms with van der Waals surface area (Å²) in [6.45, 7) is 9.70. The molecule has 1 saturated heterocycles. The van der Waals surface area contributed by atoms with Crippen LogP contribution in [0.15, 0.2) is 0 Å². The lowest BCUT2D eigenvalue weighted by atomic mass is 9.84. The molecule has 8 atom stereocenters. The first-order valence-corrected chi connectivity index (χ1v) is 17.0. The zero-order chi connectivity index (χ0) is 33.2. The fourth-order valence-electron chi connectivity index (χ4n) is 5.72. The van der Waals surface area contributed by atoms with E-state index in [-0.39, 0.29) is 12.3 Å². The van der Waals surface area contributed by atoms with Crippen molar-refractivity contribution in [3.63, 3.8) is 0 Å². The summed E-state index contributed by atoms with van der Waals surface area (Å²) in [5.74, 6) is -4.90. The van der Waals surface area contributed by atoms with Gasteiger partial charge in [-0.15, -0.1) is 0 Å². The summed E-state index contributed by atoms with van der Waals surface area (Å²) < 4.78 is 5.80. The lowest BCUT2D eigenvalue weighted by Gasteiger charge is -2.33. The number of aliphatic hydroxyl groups is 3. The van der Waals surface area contributed by atoms with Crippen LogP contribution in [0, 0.1) is 17.8 Å². The average molecular weight is 628 g/mol. The molecule has 3 amide bonds. The Bertz CT molecular complexity index is 868. The van der Waals surface area contributed by atoms with Crippen molar-refractivity contribution in [3.8, 4) is 0 Å². The third-order valence-electron chi connectivity index (χ3n) is 8.77. The van der Waals surface area contributed by atoms with Crippen molar-refractivity contribution in [1.29, 1.82) is 0 Å². The molecule has 1 rings (SSSR count). The van der Waals surface area contributed by atoms with Crippen LogP contribution in [0.5, 0.6) is 0 Å². The molecule has 0 radical (unpaired) electrons. The maximum absolute atomic E-state index is 13.4. The van der Waals surface area contributed by atoms with Gasteiger partial charge in [-0.2, -0.15) is 0 Å². The molecule has 0 aromatic rings. The lowest BCUT2D eigenvalue weighted by Crippen LogP contribution is -2.60. The van der Waals surface area contributed by atoms with Gasteiger partial charge >= 0.3 is 5.97 Å². The number of hydrogen-bond donors (Lipinski definition) is 6. The van der Waals surface area contributed by atoms with Crippen molar-refractivity contribution in [2.45, 2.75) is 161 Å². The van der Waals surface area contributed by atoms with Gasteiger partial charge in [-0.25, -0.2) is 4.79 Å². The van der Waals surface area contributed by atoms with Gasteiger partial charge in [-0.3, -0.25) is 14.4 Å². The number of carbonyl (C=O) groups excluding carboxylic acids is 4. The summed E-state index contributed by atoms with van der Waals surface area (Å²) in [5, 5.41) is 39.2. The van der Waals surface area contributed by atoms with Crippen LogP contribution >= 0.6 is 0 Å². The molecule has 0 aliphatic carbocycles. The number of hydrogen-bond acceptors (Lipinski definition) is 8. The molecule has 0 spiro atoms. The fraction of sp³-hybridized carbons (Fsp3) is 0.879. The van der Waals surface area contributed by atoms with Gasteiger partial charge in [-0.1, -0.05) is 98.8 Å². The van der Waals surface area contributed by atoms with Crippen molar-refractivity contribution < 1.29 is 39.2 Å². The number of aliphatic hydroxyl groups excluding tert-OH is 3. The topological polar surface area (TPSA) is 174 Å². The molecule has 11 heteroatoms. The molecule has 1 aliphatic rings. The van der Waals surface area contributed by atoms with Crippen molar-refractivity contribution >= 4 is 23.7 Å². The number of cyclic esters (lactones) is 1. The van der Waals surface area contributed by atoms with Crippen molar-refractivity contribution in [2.75, 3.05) is 6.61 Å². The summed E-state index contributed by atoms with van der Waals surface area (Å²) in [4.78, 5) is 52.8. The van der Waals surface area contributed by atoms with Gasteiger partial charge in [0.2, 0.25) is 17.7 Å². The van der Waals surface area contributed by atoms with E-state index < -0.39 is 78.6 Å². The van der Waals surface area contributed by atoms with Crippen LogP contribution in [0.25, 0.3) is 0 Å². The number of esters is 1. The number of amides is 3. The van der Waals surface area contributed by atoms with Gasteiger partial charge in [0.05, 0.1) is 24.7 Å². The molecule has 6 N–H and O–H groups in total. The largest absolute Gasteiger partial charge is 0.460 e. The van der Waals surface area contributed by atoms with Crippen LogP contribution in [-0.2, 0) is 23.9 Å². The Hall–Kier alpha value is -2.24. The Morgan fingerprint density at radius 2 is 1.25 bits per heavy atom. The van der Waals surface area contributed by atoms with E-state index in [1.54, 1.807) is 27.7 Å². The van der Waals surface area contributed by atoms with E-state index in [1.165, 1.54) is 51.9 Å². The predicted octanol–water partition coefficient (Wildman–Crippen LogP) is 3.12. The third kappa shape index (κ3) is 13.4. The van der Waals surface area contributed by atoms with Gasteiger partial charge in [0, 0.05) is 5.92 Å². The highest BCUT2D eigenvalue weighted by Crippen LogP contribution is 2.26. The second-order valence-corrected chi connectivity index (χ2v) is 12.9. The summed E-state index contributed by atoms with van der Waals surface area (Å²) in [5.41, 5.74) is 0. The number of ether oxygens (including phenoxy) is 1. The van der Waals surface area contributed by atoms with Crippen LogP contribution in [0.2, 0.25) is 0 Å². The zero-order valence-corrected chi connectivity index (χ0v) is 28.0. The highest BCUT2D eigenvalue weighted by molar-refractivity contribution is 5.94. The van der Waals surface area contributed by atoms with Gasteiger partial charge in [0.25, 0.3) is 0 Å². The summed E-state index contributed by atoms with van der Waals surface area (Å²) in [6.07, 6.45) is 10.1. The zero-order valence-electron chi connectivity index (χ0n) is 28.0. The van der Waals surface area contributed by atoms with Crippen LogP contribution in [0.3, 0.4) is 0 Å². The van der Waals surface area contributed by atoms with Crippen LogP contribution in [0.4, 0.5) is 0 Å². The summed E-state index contributed by atoms with van der Waals surface area (Å²) >= 11 is 0. The number of carbonyl (C=O) groups is 4. The van der Waals surface area contributed by atoms with E-state index in [9.17, 15) is 34.5 Å². The Balaban J connectivity index is 3.11. The molecule has 11 nitrogen and oxygen atoms in total. The number of nitrogens with one attached hydrogen (secondary N) is 3. The molecule has 0 saturated carbocycles. The summed E-state index contributed by atoms with van der Waals surface area (Å²) in [6, 6.07) is -3.94. The molecule has 256 valence electrons. The predicted molar refractivity (Wildman–Crippen MR) is 169 cm³/mol. The monoisotopic (exact) mass is 627 g/mol. The fourth-order valence-corrected chi connectivity index (χ4v) is 5.72. The normalized spacial score (nSPS) is 28.4. The molecule has 1 heterocycles. The lowest BCUT2D eigenvalue weighted by molar-refractivity contribution is -0.161. The minimum atomic E-state index is -1.45. The van der Waals surface area contributed by atoms with Crippen LogP contribution < -0.4 is 16.0 Å². The minimum absolute atomic E-state index is 0.276. The average Bonchev–Trinajstić information content (AvgIpc) is 2.98. The van der Waals surface area contributed by atoms with Crippen molar-refractivity contribution in [3.05, 3.63) is 0 Å². The Kier molecular flexibility index (Phi) is 19.4. The third-order valence-corrected chi connectivity index (χ3v) is 8.77. The van der Waals surface area contributed by atoms with E-state index in [0.717, 1.165) is 25.7 Å². The summed E-state index contributed by atoms with van der Waals surface area (Å²) in [7, 11) is 0. The van der Waals surface area contributed by atoms with Gasteiger partial charge in [0.15, 0.2) is 6.04 Å². The maximum atomic E-state index is 13.4. The van der Waals surface area contributed by atoms with E-state index in [1.807, 2.05) is 0 Å². The molecule has 0 aromatic carbocycles. The minimum Gasteiger partial charge on any atom is -0.460 e. The molecule has 0 aromatic heterocycles. The Morgan fingerprint density at radius 3 is 1.73 bits per heavy atom. The molecule has 0 bridgehead atoms. The number of rotatable bonds is 16. The van der Waals surface area contributed by atoms with Gasteiger partial charge in [0.1, 0.15) is 18.2 Å². The highest BCUT2D eigenvalue weighted by atomic mass is 16.5. The quantitative estimate of drug-likeness (QED) is 0.112. The van der Waals surface area contributed by atoms with Crippen LogP contribution in [-0.4, -0.2) is 82.1 Å². The SMILES string of the molecule is CCCCCCCCCCCCC[C@H]1OC(=O)[C@H](CO)NC(=O)[C@H]([C@@H](C)O)NC(=O)[C@H](C(C)C)NC(=O)[C@H](CC)[C@H](O)[C@H]1C. The molecule has 1 aliphatic heterocycles. The van der Waals surface area contributed by atoms with Gasteiger partial charge in [-0.05, 0) is 32.1 Å². The molecule has 1 fully saturated rings. The first kappa shape index (κ1) is 39.8. The van der Waals surface area contributed by atoms with Crippen molar-refractivity contribution in [2.24, 2.45) is 17.8 Å². The Labute approximate surface area is 264 Å². The highest BCUT2D eigenvalue weighted by Gasteiger charge is 2.40. The smallest absolute Gasteiger partial charge is 0.331 e. The molecular formula is C33H61N3O8. The first-order chi connectivity index (χ1) is 20.9. The number of unbranched alkanes of at least 4 members (excludes halogenated alkanes) is 10. The van der Waals surface area contributed by atoms with Crippen LogP contribution in [0.1, 0.15) is 125 Å². The first-order valence-electron chi connectivity index (χ1n) is 17.0. The van der Waals surface area contributed by atoms with E-state index in [0.29, 0.717) is 6.42 Å².